The molecule has 2 saturated heterocycles. The van der Waals surface area contributed by atoms with Gasteiger partial charge in [-0.25, -0.2) is 0 Å². The first-order valence-electron chi connectivity index (χ1n) is 8.43. The fourth-order valence-corrected chi connectivity index (χ4v) is 3.39. The van der Waals surface area contributed by atoms with Crippen molar-refractivity contribution in [2.24, 2.45) is 13.0 Å². The van der Waals surface area contributed by atoms with Crippen LogP contribution in [0.15, 0.2) is 12.4 Å². The molecule has 2 aliphatic rings. The molecule has 0 spiro atoms. The molecule has 0 radical (unpaired) electrons. The number of piperidine rings is 1. The van der Waals surface area contributed by atoms with Crippen LogP contribution in [0.2, 0.25) is 0 Å². The Bertz CT molecular complexity index is 565. The zero-order valence-electron chi connectivity index (χ0n) is 13.6. The highest BCUT2D eigenvalue weighted by molar-refractivity contribution is 6.01. The second-order valence-electron chi connectivity index (χ2n) is 6.50. The number of nitrogens with one attached hydrogen (secondary N) is 2. The number of hydrogen-bond acceptors (Lipinski definition) is 4. The molecular formula is C16H25N5O2. The van der Waals surface area contributed by atoms with Crippen molar-refractivity contribution in [2.45, 2.75) is 38.1 Å². The Kier molecular flexibility index (Phi) is 4.95. The predicted molar refractivity (Wildman–Crippen MR) is 86.9 cm³/mol. The molecule has 0 saturated carbocycles. The third kappa shape index (κ3) is 3.90. The van der Waals surface area contributed by atoms with Gasteiger partial charge >= 0.3 is 0 Å². The molecule has 1 aromatic rings. The van der Waals surface area contributed by atoms with Crippen LogP contribution in [0.4, 0.5) is 5.69 Å². The molecule has 2 N–H and O–H groups in total. The number of anilines is 1. The molecule has 3 heterocycles. The van der Waals surface area contributed by atoms with Gasteiger partial charge in [0.1, 0.15) is 6.04 Å². The summed E-state index contributed by atoms with van der Waals surface area (Å²) in [5, 5.41) is 10.3. The number of nitrogens with zero attached hydrogens (tertiary/aromatic N) is 3. The summed E-state index contributed by atoms with van der Waals surface area (Å²) in [6, 6.07) is -0.393. The van der Waals surface area contributed by atoms with Gasteiger partial charge in [-0.3, -0.25) is 14.3 Å². The van der Waals surface area contributed by atoms with Gasteiger partial charge in [-0.05, 0) is 44.7 Å². The van der Waals surface area contributed by atoms with Crippen LogP contribution in [0.25, 0.3) is 0 Å². The number of aryl methyl sites for hydroxylation is 1. The Morgan fingerprint density at radius 3 is 2.87 bits per heavy atom. The van der Waals surface area contributed by atoms with E-state index >= 15 is 0 Å². The minimum Gasteiger partial charge on any atom is -0.344 e. The molecule has 0 aromatic carbocycles. The first kappa shape index (κ1) is 16.0. The number of carbonyl (C=O) groups excluding carboxylic acids is 2. The molecule has 1 aromatic heterocycles. The molecule has 7 heteroatoms. The van der Waals surface area contributed by atoms with Crippen molar-refractivity contribution >= 4 is 17.5 Å². The number of hydrogen-bond donors (Lipinski definition) is 2. The van der Waals surface area contributed by atoms with Crippen molar-refractivity contribution in [3.8, 4) is 0 Å². The maximum Gasteiger partial charge on any atom is 0.249 e. The molecule has 126 valence electrons. The fraction of sp³-hybridized carbons (Fsp3) is 0.688. The highest BCUT2D eigenvalue weighted by Crippen LogP contribution is 2.21. The first-order valence-corrected chi connectivity index (χ1v) is 8.43. The van der Waals surface area contributed by atoms with Crippen molar-refractivity contribution in [1.29, 1.82) is 0 Å². The molecule has 23 heavy (non-hydrogen) atoms. The van der Waals surface area contributed by atoms with E-state index in [-0.39, 0.29) is 11.8 Å². The molecule has 1 unspecified atom stereocenters. The Balaban J connectivity index is 1.46. The molecule has 2 amide bonds. The van der Waals surface area contributed by atoms with Crippen molar-refractivity contribution in [1.82, 2.24) is 20.4 Å². The quantitative estimate of drug-likeness (QED) is 0.824. The van der Waals surface area contributed by atoms with E-state index in [9.17, 15) is 9.59 Å². The van der Waals surface area contributed by atoms with Gasteiger partial charge in [-0.15, -0.1) is 0 Å². The summed E-state index contributed by atoms with van der Waals surface area (Å²) in [6.45, 7) is 2.73. The topological polar surface area (TPSA) is 79.3 Å². The SMILES string of the molecule is Cn1cc(N2CCC(NC(=O)CCC3CCNCC3)C2=O)cn1. The van der Waals surface area contributed by atoms with Gasteiger partial charge in [0.2, 0.25) is 11.8 Å². The normalized spacial score (nSPS) is 22.6. The largest absolute Gasteiger partial charge is 0.344 e. The van der Waals surface area contributed by atoms with E-state index in [1.807, 2.05) is 13.2 Å². The Labute approximate surface area is 136 Å². The minimum atomic E-state index is -0.393. The molecule has 0 aliphatic carbocycles. The lowest BCUT2D eigenvalue weighted by Gasteiger charge is -2.22. The van der Waals surface area contributed by atoms with Crippen LogP contribution in [0.1, 0.15) is 32.1 Å². The average Bonchev–Trinajstić information content (AvgIpc) is 3.13. The minimum absolute atomic E-state index is 0.00470. The lowest BCUT2D eigenvalue weighted by atomic mass is 9.93. The van der Waals surface area contributed by atoms with E-state index < -0.39 is 6.04 Å². The van der Waals surface area contributed by atoms with Gasteiger partial charge in [0.05, 0.1) is 11.9 Å². The van der Waals surface area contributed by atoms with Crippen LogP contribution < -0.4 is 15.5 Å². The Morgan fingerprint density at radius 2 is 2.17 bits per heavy atom. The van der Waals surface area contributed by atoms with Crippen LogP contribution in [0.5, 0.6) is 0 Å². The van der Waals surface area contributed by atoms with Crippen LogP contribution >= 0.6 is 0 Å². The Morgan fingerprint density at radius 1 is 1.39 bits per heavy atom. The molecule has 3 rings (SSSR count). The van der Waals surface area contributed by atoms with Gasteiger partial charge in [0.15, 0.2) is 0 Å². The molecule has 2 aliphatic heterocycles. The third-order valence-electron chi connectivity index (χ3n) is 4.78. The molecular weight excluding hydrogens is 294 g/mol. The maximum atomic E-state index is 12.4. The highest BCUT2D eigenvalue weighted by atomic mass is 16.2. The number of amides is 2. The van der Waals surface area contributed by atoms with Gasteiger partial charge in [-0.2, -0.15) is 5.10 Å². The van der Waals surface area contributed by atoms with Crippen LogP contribution in [0.3, 0.4) is 0 Å². The third-order valence-corrected chi connectivity index (χ3v) is 4.78. The molecule has 0 bridgehead atoms. The summed E-state index contributed by atoms with van der Waals surface area (Å²) in [7, 11) is 1.82. The van der Waals surface area contributed by atoms with Crippen molar-refractivity contribution in [3.05, 3.63) is 12.4 Å². The van der Waals surface area contributed by atoms with E-state index in [1.54, 1.807) is 15.8 Å². The van der Waals surface area contributed by atoms with E-state index in [4.69, 9.17) is 0 Å². The number of rotatable bonds is 5. The molecule has 1 atom stereocenters. The van der Waals surface area contributed by atoms with E-state index in [1.165, 1.54) is 0 Å². The summed E-state index contributed by atoms with van der Waals surface area (Å²) in [5.41, 5.74) is 0.795. The summed E-state index contributed by atoms with van der Waals surface area (Å²) >= 11 is 0. The van der Waals surface area contributed by atoms with Crippen molar-refractivity contribution in [2.75, 3.05) is 24.5 Å². The zero-order valence-corrected chi connectivity index (χ0v) is 13.6. The fourth-order valence-electron chi connectivity index (χ4n) is 3.39. The van der Waals surface area contributed by atoms with Crippen LogP contribution in [-0.2, 0) is 16.6 Å². The second-order valence-corrected chi connectivity index (χ2v) is 6.50. The highest BCUT2D eigenvalue weighted by Gasteiger charge is 2.34. The van der Waals surface area contributed by atoms with Gasteiger partial charge in [0, 0.05) is 26.2 Å². The van der Waals surface area contributed by atoms with Gasteiger partial charge in [0.25, 0.3) is 0 Å². The molecule has 7 nitrogen and oxygen atoms in total. The lowest BCUT2D eigenvalue weighted by Crippen LogP contribution is -2.41. The monoisotopic (exact) mass is 319 g/mol. The maximum absolute atomic E-state index is 12.4. The summed E-state index contributed by atoms with van der Waals surface area (Å²) in [5.74, 6) is 0.594. The Hall–Kier alpha value is -1.89. The standard InChI is InChI=1S/C16H25N5O2/c1-20-11-13(10-18-20)21-9-6-14(16(21)23)19-15(22)3-2-12-4-7-17-8-5-12/h10-12,14,17H,2-9H2,1H3,(H,19,22). The average molecular weight is 319 g/mol. The summed E-state index contributed by atoms with van der Waals surface area (Å²) < 4.78 is 1.67. The van der Waals surface area contributed by atoms with Crippen molar-refractivity contribution in [3.63, 3.8) is 0 Å². The zero-order chi connectivity index (χ0) is 16.2. The smallest absolute Gasteiger partial charge is 0.249 e. The first-order chi connectivity index (χ1) is 11.1. The number of carbonyl (C=O) groups is 2. The van der Waals surface area contributed by atoms with E-state index in [2.05, 4.69) is 15.7 Å². The van der Waals surface area contributed by atoms with Crippen LogP contribution in [-0.4, -0.2) is 47.3 Å². The van der Waals surface area contributed by atoms with E-state index in [0.29, 0.717) is 25.3 Å². The molecule has 2 fully saturated rings. The second kappa shape index (κ2) is 7.12. The van der Waals surface area contributed by atoms with Crippen molar-refractivity contribution < 1.29 is 9.59 Å². The summed E-state index contributed by atoms with van der Waals surface area (Å²) in [6.07, 6.45) is 7.88. The predicted octanol–water partition coefficient (Wildman–Crippen LogP) is 0.421. The van der Waals surface area contributed by atoms with E-state index in [0.717, 1.165) is 38.0 Å². The number of aromatic nitrogens is 2. The summed E-state index contributed by atoms with van der Waals surface area (Å²) in [4.78, 5) is 26.2. The lowest BCUT2D eigenvalue weighted by molar-refractivity contribution is -0.126. The van der Waals surface area contributed by atoms with Gasteiger partial charge < -0.3 is 15.5 Å². The van der Waals surface area contributed by atoms with Crippen LogP contribution in [0, 0.1) is 5.92 Å². The van der Waals surface area contributed by atoms with Gasteiger partial charge in [-0.1, -0.05) is 0 Å².